The van der Waals surface area contributed by atoms with Gasteiger partial charge in [0, 0.05) is 35.9 Å². The Hall–Kier alpha value is -2.69. The van der Waals surface area contributed by atoms with Crippen molar-refractivity contribution in [3.05, 3.63) is 95.9 Å². The molecule has 1 N–H and O–H groups in total. The number of para-hydroxylation sites is 1. The molecule has 140 valence electrons. The van der Waals surface area contributed by atoms with E-state index in [1.54, 1.807) is 6.20 Å². The third kappa shape index (κ3) is 2.89. The zero-order valence-corrected chi connectivity index (χ0v) is 16.5. The Bertz CT molecular complexity index is 1100. The number of nitrogens with one attached hydrogen (secondary N) is 1. The Kier molecular flexibility index (Phi) is 4.18. The van der Waals surface area contributed by atoms with Crippen LogP contribution in [0.3, 0.4) is 0 Å². The summed E-state index contributed by atoms with van der Waals surface area (Å²) in [5.74, 6) is 0. The van der Waals surface area contributed by atoms with Gasteiger partial charge in [-0.15, -0.1) is 0 Å². The summed E-state index contributed by atoms with van der Waals surface area (Å²) in [5, 5.41) is 6.98. The second-order valence-corrected chi connectivity index (χ2v) is 8.22. The Morgan fingerprint density at radius 2 is 1.71 bits per heavy atom. The van der Waals surface area contributed by atoms with Crippen LogP contribution in [-0.4, -0.2) is 14.8 Å². The zero-order valence-electron chi connectivity index (χ0n) is 15.0. The number of alkyl halides is 2. The lowest BCUT2D eigenvalue weighted by molar-refractivity contribution is 0.693. The summed E-state index contributed by atoms with van der Waals surface area (Å²) in [4.78, 5) is 2.06. The highest BCUT2D eigenvalue weighted by atomic mass is 35.5. The van der Waals surface area contributed by atoms with E-state index < -0.39 is 4.46 Å². The molecule has 0 bridgehead atoms. The van der Waals surface area contributed by atoms with Crippen molar-refractivity contribution in [1.29, 1.82) is 0 Å². The summed E-state index contributed by atoms with van der Waals surface area (Å²) in [7, 11) is 0. The predicted octanol–water partition coefficient (Wildman–Crippen LogP) is 5.53. The van der Waals surface area contributed by atoms with Gasteiger partial charge in [-0.2, -0.15) is 5.10 Å². The van der Waals surface area contributed by atoms with Crippen molar-refractivity contribution >= 4 is 28.9 Å². The lowest BCUT2D eigenvalue weighted by Crippen LogP contribution is -2.37. The molecule has 0 unspecified atom stereocenters. The Balaban J connectivity index is 1.56. The number of halogens is 2. The fourth-order valence-corrected chi connectivity index (χ4v) is 4.31. The first-order valence-corrected chi connectivity index (χ1v) is 9.86. The van der Waals surface area contributed by atoms with E-state index in [9.17, 15) is 0 Å². The minimum absolute atomic E-state index is 0.624. The molecule has 0 aliphatic carbocycles. The number of fused-ring (bicyclic) bond motifs is 2. The number of aromatic amines is 1. The number of nitrogens with zero attached hydrogens (tertiary/aromatic N) is 3. The summed E-state index contributed by atoms with van der Waals surface area (Å²) in [6.07, 6.45) is 3.83. The molecule has 6 heteroatoms. The van der Waals surface area contributed by atoms with E-state index in [4.69, 9.17) is 23.2 Å². The van der Waals surface area contributed by atoms with E-state index in [1.807, 2.05) is 36.4 Å². The van der Waals surface area contributed by atoms with Crippen LogP contribution in [0.15, 0.2) is 79.1 Å². The normalized spacial score (nSPS) is 13.7. The largest absolute Gasteiger partial charge is 0.345 e. The molecule has 3 heterocycles. The molecule has 4 nitrogen and oxygen atoms in total. The molecule has 2 aromatic carbocycles. The minimum atomic E-state index is -1.21. The first-order valence-electron chi connectivity index (χ1n) is 9.10. The molecule has 0 amide bonds. The van der Waals surface area contributed by atoms with Crippen molar-refractivity contribution in [2.24, 2.45) is 0 Å². The summed E-state index contributed by atoms with van der Waals surface area (Å²) in [5.41, 5.74) is 6.24. The van der Waals surface area contributed by atoms with Crippen molar-refractivity contribution < 1.29 is 0 Å². The van der Waals surface area contributed by atoms with Crippen molar-refractivity contribution in [2.45, 2.75) is 17.5 Å². The van der Waals surface area contributed by atoms with Crippen LogP contribution in [0, 0.1) is 0 Å². The average molecular weight is 409 g/mol. The molecule has 5 rings (SSSR count). The van der Waals surface area contributed by atoms with E-state index in [2.05, 4.69) is 56.2 Å². The second-order valence-electron chi connectivity index (χ2n) is 6.93. The number of rotatable bonds is 3. The maximum Gasteiger partial charge on any atom is 0.217 e. The van der Waals surface area contributed by atoms with Gasteiger partial charge in [0.15, 0.2) is 0 Å². The lowest BCUT2D eigenvalue weighted by atomic mass is 10.1. The SMILES string of the molecule is ClC(Cl)(c1ccc(-c2ccn[nH]2)cc1)N1Cc2cccn2Cc2ccccc21. The van der Waals surface area contributed by atoms with Gasteiger partial charge in [-0.25, -0.2) is 0 Å². The molecule has 28 heavy (non-hydrogen) atoms. The van der Waals surface area contributed by atoms with Gasteiger partial charge in [0.25, 0.3) is 0 Å². The number of benzene rings is 2. The van der Waals surface area contributed by atoms with Crippen LogP contribution in [0.4, 0.5) is 5.69 Å². The first kappa shape index (κ1) is 17.4. The smallest absolute Gasteiger partial charge is 0.217 e. The molecule has 0 atom stereocenters. The van der Waals surface area contributed by atoms with Gasteiger partial charge in [-0.05, 0) is 35.4 Å². The van der Waals surface area contributed by atoms with Gasteiger partial charge in [0.1, 0.15) is 0 Å². The molecule has 1 aliphatic rings. The monoisotopic (exact) mass is 408 g/mol. The highest BCUT2D eigenvalue weighted by Gasteiger charge is 2.37. The Labute approximate surface area is 173 Å². The van der Waals surface area contributed by atoms with Crippen LogP contribution in [0.1, 0.15) is 16.8 Å². The molecule has 4 aromatic rings. The number of hydrogen-bond donors (Lipinski definition) is 1. The van der Waals surface area contributed by atoms with E-state index in [0.29, 0.717) is 6.54 Å². The molecule has 0 fully saturated rings. The van der Waals surface area contributed by atoms with Gasteiger partial charge in [-0.3, -0.25) is 5.10 Å². The molecule has 0 radical (unpaired) electrons. The Morgan fingerprint density at radius 1 is 0.893 bits per heavy atom. The van der Waals surface area contributed by atoms with Gasteiger partial charge >= 0.3 is 0 Å². The molecular weight excluding hydrogens is 391 g/mol. The van der Waals surface area contributed by atoms with Crippen molar-refractivity contribution in [2.75, 3.05) is 4.90 Å². The fraction of sp³-hybridized carbons (Fsp3) is 0.136. The lowest BCUT2D eigenvalue weighted by Gasteiger charge is -2.36. The zero-order chi connectivity index (χ0) is 19.1. The molecule has 0 spiro atoms. The van der Waals surface area contributed by atoms with E-state index in [-0.39, 0.29) is 0 Å². The molecule has 2 aromatic heterocycles. The summed E-state index contributed by atoms with van der Waals surface area (Å²) in [6.45, 7) is 1.43. The van der Waals surface area contributed by atoms with E-state index in [1.165, 1.54) is 11.3 Å². The number of anilines is 1. The third-order valence-electron chi connectivity index (χ3n) is 5.25. The molecule has 1 aliphatic heterocycles. The first-order chi connectivity index (χ1) is 13.6. The second kappa shape index (κ2) is 6.73. The van der Waals surface area contributed by atoms with Gasteiger partial charge < -0.3 is 9.47 Å². The van der Waals surface area contributed by atoms with Crippen LogP contribution in [-0.2, 0) is 17.5 Å². The van der Waals surface area contributed by atoms with Crippen molar-refractivity contribution in [3.63, 3.8) is 0 Å². The van der Waals surface area contributed by atoms with Gasteiger partial charge in [-0.1, -0.05) is 65.7 Å². The highest BCUT2D eigenvalue weighted by molar-refractivity contribution is 6.49. The standard InChI is InChI=1S/C22H18Cl2N4/c23-22(24,18-9-7-16(8-10-18)20-11-12-25-26-20)28-15-19-5-3-13-27(19)14-17-4-1-2-6-21(17)28/h1-13H,14-15H2,(H,25,26). The molecule has 0 saturated heterocycles. The topological polar surface area (TPSA) is 36.9 Å². The van der Waals surface area contributed by atoms with Crippen LogP contribution in [0.2, 0.25) is 0 Å². The fourth-order valence-electron chi connectivity index (χ4n) is 3.76. The summed E-state index contributed by atoms with van der Waals surface area (Å²) < 4.78 is 1.03. The number of hydrogen-bond acceptors (Lipinski definition) is 2. The average Bonchev–Trinajstić information content (AvgIpc) is 3.37. The quantitative estimate of drug-likeness (QED) is 0.357. The number of aromatic nitrogens is 3. The maximum absolute atomic E-state index is 7.01. The van der Waals surface area contributed by atoms with Crippen LogP contribution < -0.4 is 4.90 Å². The van der Waals surface area contributed by atoms with Crippen LogP contribution >= 0.6 is 23.2 Å². The summed E-state index contributed by atoms with van der Waals surface area (Å²) in [6, 6.07) is 22.4. The van der Waals surface area contributed by atoms with Crippen molar-refractivity contribution in [1.82, 2.24) is 14.8 Å². The minimum Gasteiger partial charge on any atom is -0.345 e. The summed E-state index contributed by atoms with van der Waals surface area (Å²) >= 11 is 14.0. The number of H-pyrrole nitrogens is 1. The van der Waals surface area contributed by atoms with Gasteiger partial charge in [0.05, 0.1) is 12.2 Å². The van der Waals surface area contributed by atoms with E-state index >= 15 is 0 Å². The van der Waals surface area contributed by atoms with Crippen LogP contribution in [0.25, 0.3) is 11.3 Å². The van der Waals surface area contributed by atoms with Crippen molar-refractivity contribution in [3.8, 4) is 11.3 Å². The third-order valence-corrected chi connectivity index (χ3v) is 6.09. The molecule has 0 saturated carbocycles. The van der Waals surface area contributed by atoms with Crippen LogP contribution in [0.5, 0.6) is 0 Å². The Morgan fingerprint density at radius 3 is 2.50 bits per heavy atom. The van der Waals surface area contributed by atoms with Gasteiger partial charge in [0.2, 0.25) is 4.46 Å². The predicted molar refractivity (Wildman–Crippen MR) is 114 cm³/mol. The van der Waals surface area contributed by atoms with E-state index in [0.717, 1.165) is 29.1 Å². The maximum atomic E-state index is 7.01. The molecular formula is C22H18Cl2N4. The highest BCUT2D eigenvalue weighted by Crippen LogP contribution is 2.44.